The van der Waals surface area contributed by atoms with E-state index in [-0.39, 0.29) is 11.6 Å². The molecule has 2 N–H and O–H groups in total. The molecule has 0 saturated carbocycles. The Bertz CT molecular complexity index is 1780. The van der Waals surface area contributed by atoms with Gasteiger partial charge in [0.25, 0.3) is 5.56 Å². The van der Waals surface area contributed by atoms with Crippen LogP contribution in [0.25, 0.3) is 28.1 Å². The van der Waals surface area contributed by atoms with E-state index in [1.54, 1.807) is 27.6 Å². The van der Waals surface area contributed by atoms with Crippen LogP contribution in [0, 0.1) is 0 Å². The highest BCUT2D eigenvalue weighted by Crippen LogP contribution is 2.35. The summed E-state index contributed by atoms with van der Waals surface area (Å²) < 4.78 is 8.04. The second-order valence-electron chi connectivity index (χ2n) is 9.44. The maximum Gasteiger partial charge on any atom is 0.411 e. The number of ether oxygens (including phenoxy) is 1. The van der Waals surface area contributed by atoms with Crippen molar-refractivity contribution in [1.82, 2.24) is 34.7 Å². The number of nitrogens with one attached hydrogen (secondary N) is 2. The van der Waals surface area contributed by atoms with Gasteiger partial charge in [0.15, 0.2) is 0 Å². The Labute approximate surface area is 233 Å². The molecule has 1 aliphatic rings. The van der Waals surface area contributed by atoms with Gasteiger partial charge in [-0.15, -0.1) is 5.10 Å². The van der Waals surface area contributed by atoms with Crippen LogP contribution in [-0.2, 0) is 17.6 Å². The van der Waals surface area contributed by atoms with Crippen LogP contribution in [0.2, 0.25) is 5.02 Å². The summed E-state index contributed by atoms with van der Waals surface area (Å²) in [5.74, 6) is 0.722. The summed E-state index contributed by atoms with van der Waals surface area (Å²) in [4.78, 5) is 33.2. The summed E-state index contributed by atoms with van der Waals surface area (Å²) >= 11 is 6.32. The standard InChI is InChI=1S/C28H25ClN8O3/c1-3-16-10-19(32-28(39)40-2)5-7-21(16)23-14-30-27(33-23)25-9-6-20-11-17(12-26(38)37(20)25)22-13-18(29)4-8-24(22)36-15-31-34-35-36/h4-5,7-8,10-15,25H,3,6,9H2,1-2H3,(H,30,33)(H,32,39). The first-order valence-corrected chi connectivity index (χ1v) is 13.1. The highest BCUT2D eigenvalue weighted by atomic mass is 35.5. The molecule has 0 saturated heterocycles. The van der Waals surface area contributed by atoms with Crippen LogP contribution in [0.4, 0.5) is 10.5 Å². The SMILES string of the molecule is CCc1cc(NC(=O)OC)ccc1-c1cnc(C2CCc3cc(-c4cc(Cl)ccc4-n4cnnn4)cc(=O)n32)[nH]1. The van der Waals surface area contributed by atoms with Crippen molar-refractivity contribution in [2.45, 2.75) is 32.2 Å². The van der Waals surface area contributed by atoms with Gasteiger partial charge in [0.2, 0.25) is 0 Å². The van der Waals surface area contributed by atoms with Gasteiger partial charge < -0.3 is 14.3 Å². The number of H-pyrrole nitrogens is 1. The van der Waals surface area contributed by atoms with Crippen LogP contribution in [0.3, 0.4) is 0 Å². The maximum absolute atomic E-state index is 13.5. The number of fused-ring (bicyclic) bond motifs is 1. The highest BCUT2D eigenvalue weighted by Gasteiger charge is 2.28. The predicted molar refractivity (Wildman–Crippen MR) is 150 cm³/mol. The molecule has 12 heteroatoms. The molecule has 5 aromatic rings. The van der Waals surface area contributed by atoms with Crippen molar-refractivity contribution in [3.63, 3.8) is 0 Å². The third kappa shape index (κ3) is 4.64. The van der Waals surface area contributed by atoms with Crippen molar-refractivity contribution in [2.75, 3.05) is 12.4 Å². The summed E-state index contributed by atoms with van der Waals surface area (Å²) in [5, 5.41) is 14.7. The molecular formula is C28H25ClN8O3. The minimum Gasteiger partial charge on any atom is -0.453 e. The number of rotatable bonds is 6. The number of carbonyl (C=O) groups excluding carboxylic acids is 1. The monoisotopic (exact) mass is 556 g/mol. The van der Waals surface area contributed by atoms with E-state index >= 15 is 0 Å². The number of amides is 1. The third-order valence-electron chi connectivity index (χ3n) is 7.12. The van der Waals surface area contributed by atoms with E-state index in [1.807, 2.05) is 43.3 Å². The van der Waals surface area contributed by atoms with Crippen LogP contribution in [0.5, 0.6) is 0 Å². The number of carbonyl (C=O) groups is 1. The van der Waals surface area contributed by atoms with Gasteiger partial charge >= 0.3 is 6.09 Å². The van der Waals surface area contributed by atoms with Crippen molar-refractivity contribution >= 4 is 23.4 Å². The number of aromatic amines is 1. The Morgan fingerprint density at radius 1 is 1.18 bits per heavy atom. The Balaban J connectivity index is 1.33. The number of pyridine rings is 1. The Kier molecular flexibility index (Phi) is 6.64. The molecule has 11 nitrogen and oxygen atoms in total. The van der Waals surface area contributed by atoms with Crippen molar-refractivity contribution < 1.29 is 9.53 Å². The van der Waals surface area contributed by atoms with Crippen molar-refractivity contribution in [3.05, 3.63) is 93.5 Å². The number of aromatic nitrogens is 7. The van der Waals surface area contributed by atoms with Gasteiger partial charge in [-0.25, -0.2) is 9.78 Å². The lowest BCUT2D eigenvalue weighted by Crippen LogP contribution is -2.23. The van der Waals surface area contributed by atoms with Gasteiger partial charge in [0, 0.05) is 33.6 Å². The fourth-order valence-corrected chi connectivity index (χ4v) is 5.43. The number of tetrazole rings is 1. The molecule has 0 spiro atoms. The fraction of sp³-hybridized carbons (Fsp3) is 0.214. The molecule has 4 heterocycles. The number of benzene rings is 2. The average Bonchev–Trinajstić information content (AvgIpc) is 3.74. The van der Waals surface area contributed by atoms with Crippen LogP contribution < -0.4 is 10.9 Å². The van der Waals surface area contributed by atoms with Gasteiger partial charge in [-0.3, -0.25) is 10.1 Å². The van der Waals surface area contributed by atoms with E-state index < -0.39 is 6.09 Å². The summed E-state index contributed by atoms with van der Waals surface area (Å²) in [6.07, 6.45) is 4.99. The van der Waals surface area contributed by atoms with E-state index in [4.69, 9.17) is 16.3 Å². The van der Waals surface area contributed by atoms with E-state index in [9.17, 15) is 9.59 Å². The number of halogens is 1. The molecular weight excluding hydrogens is 532 g/mol. The zero-order valence-electron chi connectivity index (χ0n) is 21.8. The molecule has 202 valence electrons. The lowest BCUT2D eigenvalue weighted by atomic mass is 10.0. The van der Waals surface area contributed by atoms with Crippen LogP contribution >= 0.6 is 11.6 Å². The largest absolute Gasteiger partial charge is 0.453 e. The van der Waals surface area contributed by atoms with Crippen molar-refractivity contribution in [2.24, 2.45) is 0 Å². The molecule has 2 aromatic carbocycles. The zero-order valence-corrected chi connectivity index (χ0v) is 22.5. The lowest BCUT2D eigenvalue weighted by Gasteiger charge is -2.15. The number of hydrogen-bond acceptors (Lipinski definition) is 7. The first-order chi connectivity index (χ1) is 19.4. The van der Waals surface area contributed by atoms with E-state index in [0.717, 1.165) is 64.4 Å². The van der Waals surface area contributed by atoms with Crippen LogP contribution in [0.15, 0.2) is 65.8 Å². The first kappa shape index (κ1) is 25.5. The summed E-state index contributed by atoms with van der Waals surface area (Å²) in [7, 11) is 1.33. The molecule has 40 heavy (non-hydrogen) atoms. The molecule has 6 rings (SSSR count). The second-order valence-corrected chi connectivity index (χ2v) is 9.87. The minimum atomic E-state index is -0.519. The smallest absolute Gasteiger partial charge is 0.411 e. The lowest BCUT2D eigenvalue weighted by molar-refractivity contribution is 0.187. The maximum atomic E-state index is 13.5. The molecule has 1 unspecified atom stereocenters. The van der Waals surface area contributed by atoms with Crippen LogP contribution in [-0.4, -0.2) is 47.9 Å². The highest BCUT2D eigenvalue weighted by molar-refractivity contribution is 6.31. The molecule has 0 fully saturated rings. The quantitative estimate of drug-likeness (QED) is 0.306. The summed E-state index contributed by atoms with van der Waals surface area (Å²) in [5.41, 5.74) is 6.56. The average molecular weight is 557 g/mol. The van der Waals surface area contributed by atoms with Crippen molar-refractivity contribution in [3.8, 4) is 28.1 Å². The number of imidazole rings is 1. The number of aryl methyl sites for hydroxylation is 2. The molecule has 0 aliphatic carbocycles. The predicted octanol–water partition coefficient (Wildman–Crippen LogP) is 4.81. The Hall–Kier alpha value is -4.77. The number of nitrogens with zero attached hydrogens (tertiary/aromatic N) is 6. The van der Waals surface area contributed by atoms with Gasteiger partial charge in [-0.2, -0.15) is 4.68 Å². The summed E-state index contributed by atoms with van der Waals surface area (Å²) in [6, 6.07) is 14.5. The van der Waals surface area contributed by atoms with Gasteiger partial charge in [0.05, 0.1) is 30.7 Å². The molecule has 0 radical (unpaired) electrons. The molecule has 1 amide bonds. The van der Waals surface area contributed by atoms with E-state index in [2.05, 4.69) is 30.8 Å². The number of anilines is 1. The van der Waals surface area contributed by atoms with Gasteiger partial charge in [-0.1, -0.05) is 24.6 Å². The van der Waals surface area contributed by atoms with E-state index in [1.165, 1.54) is 13.4 Å². The Morgan fingerprint density at radius 3 is 2.83 bits per heavy atom. The van der Waals surface area contributed by atoms with Crippen LogP contribution in [0.1, 0.15) is 36.5 Å². The molecule has 0 bridgehead atoms. The van der Waals surface area contributed by atoms with Crippen molar-refractivity contribution in [1.29, 1.82) is 0 Å². The summed E-state index contributed by atoms with van der Waals surface area (Å²) in [6.45, 7) is 2.05. The third-order valence-corrected chi connectivity index (χ3v) is 7.35. The first-order valence-electron chi connectivity index (χ1n) is 12.8. The van der Waals surface area contributed by atoms with Gasteiger partial charge in [-0.05, 0) is 77.2 Å². The molecule has 1 aliphatic heterocycles. The molecule has 3 aromatic heterocycles. The second kappa shape index (κ2) is 10.4. The fourth-order valence-electron chi connectivity index (χ4n) is 5.26. The normalized spacial score (nSPS) is 14.2. The zero-order chi connectivity index (χ0) is 27.8. The topological polar surface area (TPSA) is 133 Å². The number of methoxy groups -OCH3 is 1. The minimum absolute atomic E-state index is 0.122. The Morgan fingerprint density at radius 2 is 2.05 bits per heavy atom. The van der Waals surface area contributed by atoms with E-state index in [0.29, 0.717) is 10.7 Å². The molecule has 1 atom stereocenters. The van der Waals surface area contributed by atoms with Gasteiger partial charge in [0.1, 0.15) is 12.2 Å². The number of hydrogen-bond donors (Lipinski definition) is 2.